The van der Waals surface area contributed by atoms with Gasteiger partial charge in [-0.3, -0.25) is 9.59 Å². The number of amides is 2. The molecule has 0 bridgehead atoms. The zero-order valence-corrected chi connectivity index (χ0v) is 17.5. The maximum Gasteiger partial charge on any atom is 0.282 e. The molecule has 1 aromatic heterocycles. The topological polar surface area (TPSA) is 59.1 Å². The van der Waals surface area contributed by atoms with Gasteiger partial charge in [-0.25, -0.2) is 4.90 Å². The number of ether oxygens (including phenoxy) is 2. The third-order valence-corrected chi connectivity index (χ3v) is 6.12. The van der Waals surface area contributed by atoms with Gasteiger partial charge < -0.3 is 14.4 Å². The van der Waals surface area contributed by atoms with Crippen LogP contribution < -0.4 is 9.64 Å². The van der Waals surface area contributed by atoms with E-state index in [1.807, 2.05) is 52.7 Å². The lowest BCUT2D eigenvalue weighted by Gasteiger charge is -2.29. The van der Waals surface area contributed by atoms with Gasteiger partial charge in [0.05, 0.1) is 24.5 Å². The Bertz CT molecular complexity index is 1120. The molecule has 0 spiro atoms. The predicted octanol–water partition coefficient (Wildman–Crippen LogP) is 4.16. The van der Waals surface area contributed by atoms with Crippen LogP contribution in [0.25, 0.3) is 5.57 Å². The van der Waals surface area contributed by atoms with Crippen molar-refractivity contribution in [3.05, 3.63) is 82.7 Å². The average molecular weight is 433 g/mol. The van der Waals surface area contributed by atoms with Gasteiger partial charge in [0, 0.05) is 18.0 Å². The van der Waals surface area contributed by atoms with Gasteiger partial charge in [0.2, 0.25) is 0 Å². The Hall–Kier alpha value is -3.42. The van der Waals surface area contributed by atoms with Crippen molar-refractivity contribution in [1.29, 1.82) is 0 Å². The molecule has 31 heavy (non-hydrogen) atoms. The molecule has 0 saturated carbocycles. The van der Waals surface area contributed by atoms with Crippen molar-refractivity contribution < 1.29 is 19.1 Å². The van der Waals surface area contributed by atoms with Crippen LogP contribution in [0.5, 0.6) is 11.5 Å². The van der Waals surface area contributed by atoms with E-state index < -0.39 is 0 Å². The number of thiophene rings is 1. The van der Waals surface area contributed by atoms with E-state index in [4.69, 9.17) is 9.47 Å². The summed E-state index contributed by atoms with van der Waals surface area (Å²) in [4.78, 5) is 30.9. The molecule has 2 amide bonds. The number of para-hydroxylation sites is 1. The lowest BCUT2D eigenvalue weighted by Crippen LogP contribution is -2.40. The normalized spacial score (nSPS) is 16.9. The first-order valence-corrected chi connectivity index (χ1v) is 10.9. The Balaban J connectivity index is 1.45. The minimum absolute atomic E-state index is 0.299. The molecule has 0 unspecified atom stereocenters. The molecule has 3 aromatic rings. The number of morpholine rings is 1. The Morgan fingerprint density at radius 1 is 0.806 bits per heavy atom. The molecular formula is C24H20N2O4S. The maximum absolute atomic E-state index is 13.4. The summed E-state index contributed by atoms with van der Waals surface area (Å²) in [5.74, 6) is 0.756. The fraction of sp³-hybridized carbons (Fsp3) is 0.167. The first kappa shape index (κ1) is 19.5. The molecule has 2 aliphatic heterocycles. The summed E-state index contributed by atoms with van der Waals surface area (Å²) >= 11 is 1.46. The summed E-state index contributed by atoms with van der Waals surface area (Å²) in [7, 11) is 0. The van der Waals surface area contributed by atoms with Crippen LogP contribution in [-0.2, 0) is 14.3 Å². The van der Waals surface area contributed by atoms with Crippen LogP contribution in [0.2, 0.25) is 0 Å². The smallest absolute Gasteiger partial charge is 0.282 e. The van der Waals surface area contributed by atoms with Crippen LogP contribution in [0.4, 0.5) is 5.69 Å². The zero-order chi connectivity index (χ0) is 21.2. The standard InChI is InChI=1S/C24H20N2O4S/c27-23-21(20-7-4-16-31-20)22(25-12-14-29-15-13-25)24(28)26(23)17-8-10-19(11-9-17)30-18-5-2-1-3-6-18/h1-11,16H,12-15H2. The summed E-state index contributed by atoms with van der Waals surface area (Å²) in [5.41, 5.74) is 1.44. The third kappa shape index (κ3) is 3.73. The molecule has 0 atom stereocenters. The molecule has 7 heteroatoms. The fourth-order valence-corrected chi connectivity index (χ4v) is 4.53. The minimum atomic E-state index is -0.300. The summed E-state index contributed by atoms with van der Waals surface area (Å²) in [6.07, 6.45) is 0. The second-order valence-electron chi connectivity index (χ2n) is 7.16. The molecular weight excluding hydrogens is 412 g/mol. The Labute approximate surface area is 183 Å². The summed E-state index contributed by atoms with van der Waals surface area (Å²) in [5, 5.41) is 1.91. The third-order valence-electron chi connectivity index (χ3n) is 5.23. The van der Waals surface area contributed by atoms with E-state index in [1.165, 1.54) is 16.2 Å². The summed E-state index contributed by atoms with van der Waals surface area (Å²) in [6.45, 7) is 2.24. The number of anilines is 1. The zero-order valence-electron chi connectivity index (χ0n) is 16.7. The van der Waals surface area contributed by atoms with Crippen LogP contribution in [0.1, 0.15) is 4.88 Å². The van der Waals surface area contributed by atoms with Crippen molar-refractivity contribution in [3.8, 4) is 11.5 Å². The second-order valence-corrected chi connectivity index (χ2v) is 8.10. The number of carbonyl (C=O) groups is 2. The van der Waals surface area contributed by atoms with Crippen LogP contribution in [-0.4, -0.2) is 43.0 Å². The number of rotatable bonds is 5. The van der Waals surface area contributed by atoms with Gasteiger partial charge in [-0.2, -0.15) is 0 Å². The van der Waals surface area contributed by atoms with E-state index >= 15 is 0 Å². The lowest BCUT2D eigenvalue weighted by molar-refractivity contribution is -0.121. The van der Waals surface area contributed by atoms with E-state index in [0.29, 0.717) is 49.0 Å². The molecule has 2 aromatic carbocycles. The average Bonchev–Trinajstić information content (AvgIpc) is 3.42. The van der Waals surface area contributed by atoms with Crippen LogP contribution >= 0.6 is 11.3 Å². The van der Waals surface area contributed by atoms with Crippen LogP contribution in [0.3, 0.4) is 0 Å². The highest BCUT2D eigenvalue weighted by atomic mass is 32.1. The van der Waals surface area contributed by atoms with Gasteiger partial charge in [-0.05, 0) is 47.8 Å². The molecule has 156 valence electrons. The molecule has 0 N–H and O–H groups in total. The first-order chi connectivity index (χ1) is 15.2. The molecule has 1 fully saturated rings. The molecule has 3 heterocycles. The second kappa shape index (κ2) is 8.37. The van der Waals surface area contributed by atoms with Gasteiger partial charge in [0.1, 0.15) is 17.2 Å². The highest BCUT2D eigenvalue weighted by Gasteiger charge is 2.43. The number of hydrogen-bond donors (Lipinski definition) is 0. The van der Waals surface area contributed by atoms with Gasteiger partial charge in [0.15, 0.2) is 0 Å². The lowest BCUT2D eigenvalue weighted by atomic mass is 10.1. The summed E-state index contributed by atoms with van der Waals surface area (Å²) in [6, 6.07) is 20.2. The highest BCUT2D eigenvalue weighted by molar-refractivity contribution is 7.11. The maximum atomic E-state index is 13.4. The first-order valence-electron chi connectivity index (χ1n) is 10.0. The van der Waals surface area contributed by atoms with Gasteiger partial charge in [-0.1, -0.05) is 24.3 Å². The number of imide groups is 1. The van der Waals surface area contributed by atoms with Gasteiger partial charge in [0.25, 0.3) is 11.8 Å². The van der Waals surface area contributed by atoms with Crippen LogP contribution in [0, 0.1) is 0 Å². The molecule has 1 saturated heterocycles. The quantitative estimate of drug-likeness (QED) is 0.567. The van der Waals surface area contributed by atoms with Gasteiger partial charge >= 0.3 is 0 Å². The number of nitrogens with zero attached hydrogens (tertiary/aromatic N) is 2. The fourth-order valence-electron chi connectivity index (χ4n) is 3.76. The van der Waals surface area contributed by atoms with Crippen molar-refractivity contribution in [2.75, 3.05) is 31.2 Å². The predicted molar refractivity (Wildman–Crippen MR) is 119 cm³/mol. The van der Waals surface area contributed by atoms with E-state index in [0.717, 1.165) is 10.6 Å². The van der Waals surface area contributed by atoms with E-state index in [2.05, 4.69) is 0 Å². The highest BCUT2D eigenvalue weighted by Crippen LogP contribution is 2.37. The van der Waals surface area contributed by atoms with Crippen LogP contribution in [0.15, 0.2) is 77.8 Å². The Kier molecular flexibility index (Phi) is 5.28. The summed E-state index contributed by atoms with van der Waals surface area (Å²) < 4.78 is 11.3. The Morgan fingerprint density at radius 3 is 2.19 bits per heavy atom. The minimum Gasteiger partial charge on any atom is -0.457 e. The number of benzene rings is 2. The van der Waals surface area contributed by atoms with Crippen molar-refractivity contribution in [1.82, 2.24) is 4.90 Å². The van der Waals surface area contributed by atoms with E-state index in [9.17, 15) is 9.59 Å². The molecule has 2 aliphatic rings. The van der Waals surface area contributed by atoms with Crippen molar-refractivity contribution >= 4 is 34.4 Å². The van der Waals surface area contributed by atoms with Crippen molar-refractivity contribution in [3.63, 3.8) is 0 Å². The van der Waals surface area contributed by atoms with E-state index in [-0.39, 0.29) is 11.8 Å². The molecule has 0 radical (unpaired) electrons. The number of hydrogen-bond acceptors (Lipinski definition) is 6. The molecule has 5 rings (SSSR count). The SMILES string of the molecule is O=C1C(c2cccs2)=C(N2CCOCC2)C(=O)N1c1ccc(Oc2ccccc2)cc1. The van der Waals surface area contributed by atoms with Crippen molar-refractivity contribution in [2.45, 2.75) is 0 Å². The monoisotopic (exact) mass is 432 g/mol. The van der Waals surface area contributed by atoms with Gasteiger partial charge in [-0.15, -0.1) is 11.3 Å². The van der Waals surface area contributed by atoms with Crippen molar-refractivity contribution in [2.24, 2.45) is 0 Å². The largest absolute Gasteiger partial charge is 0.457 e. The molecule has 6 nitrogen and oxygen atoms in total. The van der Waals surface area contributed by atoms with E-state index in [1.54, 1.807) is 24.3 Å². The molecule has 0 aliphatic carbocycles. The Morgan fingerprint density at radius 2 is 1.52 bits per heavy atom. The number of carbonyl (C=O) groups excluding carboxylic acids is 2.